The average Bonchev–Trinajstić information content (AvgIpc) is 2.55. The second-order valence-corrected chi connectivity index (χ2v) is 5.22. The molecule has 0 amide bonds. The van der Waals surface area contributed by atoms with Crippen molar-refractivity contribution < 1.29 is 40.2 Å². The second kappa shape index (κ2) is 15.8. The summed E-state index contributed by atoms with van der Waals surface area (Å²) in [7, 11) is 0. The molecule has 23 heavy (non-hydrogen) atoms. The van der Waals surface area contributed by atoms with Gasteiger partial charge in [-0.05, 0) is 6.42 Å². The summed E-state index contributed by atoms with van der Waals surface area (Å²) in [5.74, 6) is -1.67. The molecule has 0 aliphatic heterocycles. The molecule has 0 spiro atoms. The molecule has 0 aromatic carbocycles. The largest absolute Gasteiger partial charge is 0.481 e. The van der Waals surface area contributed by atoms with Crippen molar-refractivity contribution >= 4 is 11.8 Å². The van der Waals surface area contributed by atoms with Gasteiger partial charge in [0.2, 0.25) is 0 Å². The number of Topliss-reactive ketones (excluding diaryl/α,β-unsaturated/α-hetero) is 1. The minimum Gasteiger partial charge on any atom is -0.481 e. The third-order valence-electron chi connectivity index (χ3n) is 3.13. The van der Waals surface area contributed by atoms with E-state index in [1.165, 1.54) is 25.7 Å². The molecule has 0 saturated carbocycles. The highest BCUT2D eigenvalue weighted by molar-refractivity contribution is 5.84. The predicted molar refractivity (Wildman–Crippen MR) is 82.8 cm³/mol. The van der Waals surface area contributed by atoms with Crippen LogP contribution >= 0.6 is 0 Å². The third-order valence-corrected chi connectivity index (χ3v) is 3.13. The molecule has 0 heterocycles. The van der Waals surface area contributed by atoms with Gasteiger partial charge in [0, 0.05) is 6.42 Å². The summed E-state index contributed by atoms with van der Waals surface area (Å²) in [6.45, 7) is 0.491. The summed E-state index contributed by atoms with van der Waals surface area (Å²) < 4.78 is 0. The zero-order valence-corrected chi connectivity index (χ0v) is 13.6. The first-order valence-electron chi connectivity index (χ1n) is 7.82. The first kappa shape index (κ1) is 24.2. The Balaban J connectivity index is 0. The second-order valence-electron chi connectivity index (χ2n) is 5.22. The Morgan fingerprint density at radius 1 is 0.913 bits per heavy atom. The molecule has 0 fully saturated rings. The Morgan fingerprint density at radius 3 is 1.87 bits per heavy atom. The number of carboxylic acids is 1. The fraction of sp³-hybridized carbons (Fsp3) is 0.867. The molecular formula is C15H30O8. The van der Waals surface area contributed by atoms with Crippen LogP contribution in [0.2, 0.25) is 0 Å². The van der Waals surface area contributed by atoms with Gasteiger partial charge < -0.3 is 30.6 Å². The molecule has 0 aromatic heterocycles. The fourth-order valence-electron chi connectivity index (χ4n) is 1.66. The Hall–Kier alpha value is -1.06. The van der Waals surface area contributed by atoms with E-state index in [0.29, 0.717) is 6.42 Å². The molecule has 0 aliphatic carbocycles. The first-order valence-corrected chi connectivity index (χ1v) is 7.82. The smallest absolute Gasteiger partial charge is 0.303 e. The molecule has 0 rings (SSSR count). The highest BCUT2D eigenvalue weighted by Gasteiger charge is 2.28. The summed E-state index contributed by atoms with van der Waals surface area (Å²) in [5.41, 5.74) is 0. The number of carboxylic acid groups (broad SMARTS) is 1. The van der Waals surface area contributed by atoms with Crippen molar-refractivity contribution in [3.63, 3.8) is 0 Å². The molecule has 0 saturated heterocycles. The lowest BCUT2D eigenvalue weighted by Crippen LogP contribution is -2.44. The maximum Gasteiger partial charge on any atom is 0.303 e. The van der Waals surface area contributed by atoms with Gasteiger partial charge in [-0.2, -0.15) is 0 Å². The van der Waals surface area contributed by atoms with Gasteiger partial charge in [0.25, 0.3) is 0 Å². The summed E-state index contributed by atoms with van der Waals surface area (Å²) >= 11 is 0. The van der Waals surface area contributed by atoms with Crippen LogP contribution < -0.4 is 0 Å². The zero-order chi connectivity index (χ0) is 18.3. The van der Waals surface area contributed by atoms with Gasteiger partial charge >= 0.3 is 5.97 Å². The number of aliphatic hydroxyl groups excluding tert-OH is 5. The van der Waals surface area contributed by atoms with Crippen molar-refractivity contribution in [1.82, 2.24) is 0 Å². The quantitative estimate of drug-likeness (QED) is 0.259. The predicted octanol–water partition coefficient (Wildman–Crippen LogP) is -0.556. The number of aliphatic hydroxyl groups is 5. The Bertz CT molecular complexity index is 308. The Labute approximate surface area is 136 Å². The molecule has 8 heteroatoms. The topological polar surface area (TPSA) is 156 Å². The van der Waals surface area contributed by atoms with Gasteiger partial charge in [-0.15, -0.1) is 0 Å². The molecule has 0 aliphatic rings. The van der Waals surface area contributed by atoms with Gasteiger partial charge in [0.15, 0.2) is 5.78 Å². The normalized spacial score (nSPS) is 14.3. The Kier molecular flexibility index (Phi) is 16.6. The van der Waals surface area contributed by atoms with Crippen LogP contribution in [-0.2, 0) is 9.59 Å². The lowest BCUT2D eigenvalue weighted by atomic mass is 10.1. The van der Waals surface area contributed by atoms with Crippen molar-refractivity contribution in [2.24, 2.45) is 0 Å². The van der Waals surface area contributed by atoms with Gasteiger partial charge in [-0.3, -0.25) is 9.59 Å². The zero-order valence-electron chi connectivity index (χ0n) is 13.6. The van der Waals surface area contributed by atoms with Crippen molar-refractivity contribution in [1.29, 1.82) is 0 Å². The maximum atomic E-state index is 10.5. The molecule has 0 aromatic rings. The first-order chi connectivity index (χ1) is 10.8. The minimum absolute atomic E-state index is 0.339. The van der Waals surface area contributed by atoms with E-state index in [2.05, 4.69) is 6.92 Å². The van der Waals surface area contributed by atoms with Crippen LogP contribution in [0.15, 0.2) is 0 Å². The number of hydrogen-bond acceptors (Lipinski definition) is 7. The van der Waals surface area contributed by atoms with Crippen LogP contribution in [-0.4, -0.2) is 73.9 Å². The maximum absolute atomic E-state index is 10.5. The molecule has 138 valence electrons. The fourth-order valence-corrected chi connectivity index (χ4v) is 1.66. The number of unbranched alkanes of at least 4 members (excludes halogenated alkanes) is 5. The lowest BCUT2D eigenvalue weighted by Gasteiger charge is -2.19. The van der Waals surface area contributed by atoms with Crippen LogP contribution in [0.1, 0.15) is 51.9 Å². The number of rotatable bonds is 12. The number of ketones is 1. The van der Waals surface area contributed by atoms with Gasteiger partial charge in [-0.1, -0.05) is 39.0 Å². The summed E-state index contributed by atoms with van der Waals surface area (Å²) in [6, 6.07) is 0. The van der Waals surface area contributed by atoms with E-state index in [1.54, 1.807) is 0 Å². The van der Waals surface area contributed by atoms with E-state index in [1.807, 2.05) is 0 Å². The number of carbonyl (C=O) groups is 2. The highest BCUT2D eigenvalue weighted by atomic mass is 16.4. The summed E-state index contributed by atoms with van der Waals surface area (Å²) in [5, 5.41) is 51.4. The van der Waals surface area contributed by atoms with Gasteiger partial charge in [0.05, 0.1) is 6.61 Å². The van der Waals surface area contributed by atoms with Crippen molar-refractivity contribution in [2.45, 2.75) is 70.2 Å². The number of carbonyl (C=O) groups excluding carboxylic acids is 1. The molecule has 3 atom stereocenters. The summed E-state index contributed by atoms with van der Waals surface area (Å²) in [6.07, 6.45) is 2.03. The van der Waals surface area contributed by atoms with Crippen molar-refractivity contribution in [3.8, 4) is 0 Å². The van der Waals surface area contributed by atoms with Crippen molar-refractivity contribution in [3.05, 3.63) is 0 Å². The van der Waals surface area contributed by atoms with E-state index < -0.39 is 43.3 Å². The van der Waals surface area contributed by atoms with Gasteiger partial charge in [0.1, 0.15) is 24.9 Å². The standard InChI is InChI=1S/C9H18O2.C6H12O6/c1-2-3-4-5-6-7-8-9(10)11;7-1-3(9)5(11)6(12)4(10)2-8/h2-8H2,1H3,(H,10,11);3,5-9,11-12H,1-2H2/t;3-,5-,6+/m.1/s1. The summed E-state index contributed by atoms with van der Waals surface area (Å²) in [4.78, 5) is 20.6. The van der Waals surface area contributed by atoms with Crippen LogP contribution in [0, 0.1) is 0 Å². The van der Waals surface area contributed by atoms with Gasteiger partial charge in [-0.25, -0.2) is 0 Å². The minimum atomic E-state index is -1.86. The molecule has 0 unspecified atom stereocenters. The van der Waals surface area contributed by atoms with E-state index in [4.69, 9.17) is 30.6 Å². The van der Waals surface area contributed by atoms with E-state index in [-0.39, 0.29) is 0 Å². The molecule has 0 radical (unpaired) electrons. The van der Waals surface area contributed by atoms with Crippen LogP contribution in [0.5, 0.6) is 0 Å². The molecular weight excluding hydrogens is 308 g/mol. The van der Waals surface area contributed by atoms with E-state index in [9.17, 15) is 9.59 Å². The number of aliphatic carboxylic acids is 1. The average molecular weight is 338 g/mol. The SMILES string of the molecule is CCCCCCCCC(=O)O.O=C(CO)[C@H](O)[C@H](O)[C@H](O)CO. The number of hydrogen-bond donors (Lipinski definition) is 6. The molecule has 6 N–H and O–H groups in total. The highest BCUT2D eigenvalue weighted by Crippen LogP contribution is 2.06. The third kappa shape index (κ3) is 14.3. The monoisotopic (exact) mass is 338 g/mol. The molecule has 8 nitrogen and oxygen atoms in total. The van der Waals surface area contributed by atoms with Crippen molar-refractivity contribution in [2.75, 3.05) is 13.2 Å². The lowest BCUT2D eigenvalue weighted by molar-refractivity contribution is -0.142. The van der Waals surface area contributed by atoms with Crippen LogP contribution in [0.4, 0.5) is 0 Å². The Morgan fingerprint density at radius 2 is 1.43 bits per heavy atom. The van der Waals surface area contributed by atoms with Crippen LogP contribution in [0.25, 0.3) is 0 Å². The van der Waals surface area contributed by atoms with Crippen LogP contribution in [0.3, 0.4) is 0 Å². The van der Waals surface area contributed by atoms with E-state index in [0.717, 1.165) is 12.8 Å². The van der Waals surface area contributed by atoms with E-state index >= 15 is 0 Å². The molecule has 0 bridgehead atoms.